The smallest absolute Gasteiger partial charge is 0.251 e. The van der Waals surface area contributed by atoms with Gasteiger partial charge in [0.25, 0.3) is 5.91 Å². The van der Waals surface area contributed by atoms with Crippen LogP contribution < -0.4 is 10.6 Å². The van der Waals surface area contributed by atoms with Gasteiger partial charge in [-0.25, -0.2) is 0 Å². The quantitative estimate of drug-likeness (QED) is 0.273. The van der Waals surface area contributed by atoms with Gasteiger partial charge in [0.15, 0.2) is 5.96 Å². The van der Waals surface area contributed by atoms with Gasteiger partial charge in [-0.1, -0.05) is 6.92 Å². The number of amides is 1. The summed E-state index contributed by atoms with van der Waals surface area (Å²) in [6.45, 7) is 8.29. The van der Waals surface area contributed by atoms with Crippen LogP contribution in [0.4, 0.5) is 0 Å². The maximum Gasteiger partial charge on any atom is 0.251 e. The van der Waals surface area contributed by atoms with Gasteiger partial charge < -0.3 is 20.6 Å². The van der Waals surface area contributed by atoms with Crippen molar-refractivity contribution in [2.24, 2.45) is 10.9 Å². The molecule has 1 fully saturated rings. The lowest BCUT2D eigenvalue weighted by Gasteiger charge is -2.33. The van der Waals surface area contributed by atoms with E-state index in [1.807, 2.05) is 0 Å². The summed E-state index contributed by atoms with van der Waals surface area (Å²) in [5.74, 6) is 1.72. The highest BCUT2D eigenvalue weighted by atomic mass is 127. The van der Waals surface area contributed by atoms with Crippen molar-refractivity contribution in [3.05, 3.63) is 29.8 Å². The summed E-state index contributed by atoms with van der Waals surface area (Å²) in [6, 6.07) is 6.22. The molecule has 0 radical (unpaired) electrons. The summed E-state index contributed by atoms with van der Waals surface area (Å²) in [6.07, 6.45) is 2.39. The van der Waals surface area contributed by atoms with Gasteiger partial charge in [0.05, 0.1) is 6.54 Å². The summed E-state index contributed by atoms with van der Waals surface area (Å²) in [4.78, 5) is 18.9. The van der Waals surface area contributed by atoms with Crippen LogP contribution in [0.2, 0.25) is 0 Å². The van der Waals surface area contributed by atoms with E-state index in [0.717, 1.165) is 31.5 Å². The fourth-order valence-electron chi connectivity index (χ4n) is 2.69. The molecule has 0 atom stereocenters. The molecule has 0 spiro atoms. The van der Waals surface area contributed by atoms with Crippen LogP contribution in [-0.4, -0.2) is 54.6 Å². The topological polar surface area (TPSA) is 77.0 Å². The number of nitrogens with one attached hydrogen (secondary N) is 2. The van der Waals surface area contributed by atoms with Gasteiger partial charge in [0.1, 0.15) is 5.75 Å². The Hall–Kier alpha value is -1.51. The number of nitrogens with zero attached hydrogens (tertiary/aromatic N) is 2. The van der Waals surface area contributed by atoms with Crippen molar-refractivity contribution in [3.63, 3.8) is 0 Å². The second kappa shape index (κ2) is 11.2. The number of aromatic hydroxyl groups is 1. The average Bonchev–Trinajstić information content (AvgIpc) is 2.59. The van der Waals surface area contributed by atoms with Crippen molar-refractivity contribution in [1.29, 1.82) is 0 Å². The third-order valence-electron chi connectivity index (χ3n) is 4.21. The van der Waals surface area contributed by atoms with Crippen LogP contribution in [0.15, 0.2) is 29.3 Å². The molecule has 7 heteroatoms. The van der Waals surface area contributed by atoms with Crippen LogP contribution in [0.1, 0.15) is 37.0 Å². The van der Waals surface area contributed by atoms with Gasteiger partial charge in [-0.15, -0.1) is 24.0 Å². The summed E-state index contributed by atoms with van der Waals surface area (Å²) in [5, 5.41) is 15.4. The Labute approximate surface area is 167 Å². The van der Waals surface area contributed by atoms with E-state index in [1.54, 1.807) is 12.1 Å². The van der Waals surface area contributed by atoms with E-state index in [-0.39, 0.29) is 35.6 Å². The number of piperidine rings is 1. The Morgan fingerprint density at radius 3 is 2.48 bits per heavy atom. The minimum atomic E-state index is -0.151. The minimum Gasteiger partial charge on any atom is -0.508 e. The van der Waals surface area contributed by atoms with E-state index < -0.39 is 0 Å². The Kier molecular flexibility index (Phi) is 9.62. The third-order valence-corrected chi connectivity index (χ3v) is 4.21. The highest BCUT2D eigenvalue weighted by molar-refractivity contribution is 14.0. The van der Waals surface area contributed by atoms with Gasteiger partial charge in [0, 0.05) is 31.7 Å². The number of aliphatic imine (C=N–C) groups is 1. The summed E-state index contributed by atoms with van der Waals surface area (Å²) >= 11 is 0. The SMILES string of the molecule is CCNC(=NCCNC(=O)c1ccc(O)cc1)N1CCC(C)CC1.I. The second-order valence-corrected chi connectivity index (χ2v) is 6.21. The first-order valence-corrected chi connectivity index (χ1v) is 8.70. The maximum atomic E-state index is 12.0. The third kappa shape index (κ3) is 7.09. The van der Waals surface area contributed by atoms with Gasteiger partial charge >= 0.3 is 0 Å². The molecule has 0 saturated carbocycles. The van der Waals surface area contributed by atoms with E-state index in [2.05, 4.69) is 34.4 Å². The molecule has 0 aliphatic carbocycles. The van der Waals surface area contributed by atoms with Gasteiger partial charge in [-0.05, 0) is 49.9 Å². The van der Waals surface area contributed by atoms with Crippen molar-refractivity contribution in [2.75, 3.05) is 32.7 Å². The fraction of sp³-hybridized carbons (Fsp3) is 0.556. The first kappa shape index (κ1) is 21.5. The first-order chi connectivity index (χ1) is 11.6. The molecule has 1 aliphatic rings. The summed E-state index contributed by atoms with van der Waals surface area (Å²) in [5.41, 5.74) is 0.536. The summed E-state index contributed by atoms with van der Waals surface area (Å²) in [7, 11) is 0. The van der Waals surface area contributed by atoms with E-state index in [0.29, 0.717) is 18.7 Å². The molecule has 0 unspecified atom stereocenters. The fourth-order valence-corrected chi connectivity index (χ4v) is 2.69. The average molecular weight is 460 g/mol. The zero-order valence-electron chi connectivity index (χ0n) is 15.0. The maximum absolute atomic E-state index is 12.0. The van der Waals surface area contributed by atoms with E-state index in [1.165, 1.54) is 25.0 Å². The number of phenolic OH excluding ortho intramolecular Hbond substituents is 1. The van der Waals surface area contributed by atoms with Gasteiger partial charge in [-0.2, -0.15) is 0 Å². The van der Waals surface area contributed by atoms with Crippen LogP contribution in [0.3, 0.4) is 0 Å². The molecule has 1 amide bonds. The number of halogens is 1. The van der Waals surface area contributed by atoms with Crippen molar-refractivity contribution in [1.82, 2.24) is 15.5 Å². The number of hydrogen-bond acceptors (Lipinski definition) is 3. The highest BCUT2D eigenvalue weighted by Crippen LogP contribution is 2.15. The number of likely N-dealkylation sites (tertiary alicyclic amines) is 1. The molecule has 3 N–H and O–H groups in total. The molecule has 1 saturated heterocycles. The predicted octanol–water partition coefficient (Wildman–Crippen LogP) is 2.44. The predicted molar refractivity (Wildman–Crippen MR) is 112 cm³/mol. The van der Waals surface area contributed by atoms with E-state index in [4.69, 9.17) is 0 Å². The number of hydrogen-bond donors (Lipinski definition) is 3. The van der Waals surface area contributed by atoms with Crippen LogP contribution >= 0.6 is 24.0 Å². The van der Waals surface area contributed by atoms with E-state index in [9.17, 15) is 9.90 Å². The van der Waals surface area contributed by atoms with Crippen molar-refractivity contribution in [3.8, 4) is 5.75 Å². The van der Waals surface area contributed by atoms with Crippen molar-refractivity contribution < 1.29 is 9.90 Å². The Balaban J connectivity index is 0.00000312. The first-order valence-electron chi connectivity index (χ1n) is 8.70. The molecule has 0 aromatic heterocycles. The van der Waals surface area contributed by atoms with E-state index >= 15 is 0 Å². The lowest BCUT2D eigenvalue weighted by atomic mass is 10.00. The molecule has 1 aromatic carbocycles. The lowest BCUT2D eigenvalue weighted by Crippen LogP contribution is -2.45. The molecular weight excluding hydrogens is 431 g/mol. The molecule has 6 nitrogen and oxygen atoms in total. The molecule has 0 bridgehead atoms. The number of carbonyl (C=O) groups excluding carboxylic acids is 1. The Morgan fingerprint density at radius 1 is 1.24 bits per heavy atom. The zero-order valence-corrected chi connectivity index (χ0v) is 17.3. The van der Waals surface area contributed by atoms with Crippen molar-refractivity contribution in [2.45, 2.75) is 26.7 Å². The largest absolute Gasteiger partial charge is 0.508 e. The van der Waals surface area contributed by atoms with Crippen molar-refractivity contribution >= 4 is 35.8 Å². The molecule has 140 valence electrons. The molecular formula is C18H29IN4O2. The van der Waals surface area contributed by atoms with Gasteiger partial charge in [0.2, 0.25) is 0 Å². The Bertz CT molecular complexity index is 555. The van der Waals surface area contributed by atoms with Crippen LogP contribution in [0.25, 0.3) is 0 Å². The Morgan fingerprint density at radius 2 is 1.88 bits per heavy atom. The molecule has 1 heterocycles. The zero-order chi connectivity index (χ0) is 17.4. The second-order valence-electron chi connectivity index (χ2n) is 6.21. The lowest BCUT2D eigenvalue weighted by molar-refractivity contribution is 0.0954. The number of carbonyl (C=O) groups is 1. The monoisotopic (exact) mass is 460 g/mol. The highest BCUT2D eigenvalue weighted by Gasteiger charge is 2.18. The van der Waals surface area contributed by atoms with Crippen LogP contribution in [0.5, 0.6) is 5.75 Å². The minimum absolute atomic E-state index is 0. The number of guanidine groups is 1. The summed E-state index contributed by atoms with van der Waals surface area (Å²) < 4.78 is 0. The number of rotatable bonds is 5. The normalized spacial score (nSPS) is 15.4. The van der Waals surface area contributed by atoms with Gasteiger partial charge in [-0.3, -0.25) is 9.79 Å². The molecule has 1 aromatic rings. The number of benzene rings is 1. The standard InChI is InChI=1S/C18H28N4O2.HI/c1-3-19-18(22-12-8-14(2)9-13-22)21-11-10-20-17(24)15-4-6-16(23)7-5-15;/h4-7,14,23H,3,8-13H2,1-2H3,(H,19,21)(H,20,24);1H. The van der Waals surface area contributed by atoms with Crippen LogP contribution in [0, 0.1) is 5.92 Å². The number of phenols is 1. The molecule has 2 rings (SSSR count). The molecule has 1 aliphatic heterocycles. The molecule has 25 heavy (non-hydrogen) atoms. The van der Waals surface area contributed by atoms with Crippen LogP contribution in [-0.2, 0) is 0 Å².